The van der Waals surface area contributed by atoms with Gasteiger partial charge in [0.2, 0.25) is 0 Å². The Morgan fingerprint density at radius 3 is 1.75 bits per heavy atom. The first-order valence-corrected chi connectivity index (χ1v) is 2.29. The van der Waals surface area contributed by atoms with Gasteiger partial charge in [0, 0.05) is 12.8 Å². The molecule has 42 valence electrons. The number of hydrogen-bond acceptors (Lipinski definition) is 2. The van der Waals surface area contributed by atoms with Crippen molar-refractivity contribution < 1.29 is 40.6 Å². The van der Waals surface area contributed by atoms with Gasteiger partial charge in [0.15, 0.2) is 0 Å². The molecule has 0 rings (SSSR count). The summed E-state index contributed by atoms with van der Waals surface area (Å²) in [5.74, 6) is 0. The summed E-state index contributed by atoms with van der Waals surface area (Å²) in [6.07, 6.45) is 3.37. The van der Waals surface area contributed by atoms with Gasteiger partial charge in [-0.1, -0.05) is 0 Å². The third-order valence-corrected chi connectivity index (χ3v) is 0.644. The van der Waals surface area contributed by atoms with Crippen molar-refractivity contribution in [2.75, 3.05) is 0 Å². The van der Waals surface area contributed by atoms with E-state index in [0.29, 0.717) is 19.3 Å². The largest absolute Gasteiger partial charge is 1.00 e. The van der Waals surface area contributed by atoms with Gasteiger partial charge in [0.05, 0.1) is 0 Å². The molecule has 0 heterocycles. The van der Waals surface area contributed by atoms with Crippen molar-refractivity contribution in [3.05, 3.63) is 0 Å². The number of unbranched alkanes of at least 4 members (excludes halogenated alkanes) is 2. The molecular weight excluding hydrogens is 115 g/mol. The van der Waals surface area contributed by atoms with Crippen molar-refractivity contribution >= 4 is 12.6 Å². The molecule has 0 bridgehead atoms. The Kier molecular flexibility index (Phi) is 14.5. The monoisotopic (exact) mass is 124 g/mol. The molecule has 0 aromatic carbocycles. The first kappa shape index (κ1) is 11.2. The van der Waals surface area contributed by atoms with Crippen LogP contribution in [0.1, 0.15) is 20.7 Å². The van der Waals surface area contributed by atoms with Gasteiger partial charge >= 0.3 is 29.6 Å². The van der Waals surface area contributed by atoms with Crippen LogP contribution in [0.25, 0.3) is 0 Å². The summed E-state index contributed by atoms with van der Waals surface area (Å²) in [6.45, 7) is 0. The third kappa shape index (κ3) is 9.60. The Labute approximate surface area is 72.4 Å². The predicted octanol–water partition coefficient (Wildman–Crippen LogP) is -2.33. The summed E-state index contributed by atoms with van der Waals surface area (Å²) in [6, 6.07) is 0. The second kappa shape index (κ2) is 10.3. The van der Waals surface area contributed by atoms with Crippen molar-refractivity contribution in [3.63, 3.8) is 0 Å². The van der Waals surface area contributed by atoms with Crippen LogP contribution in [-0.4, -0.2) is 12.6 Å². The van der Waals surface area contributed by atoms with Gasteiger partial charge in [-0.2, -0.15) is 0 Å². The van der Waals surface area contributed by atoms with Crippen molar-refractivity contribution in [1.29, 1.82) is 0 Å². The van der Waals surface area contributed by atoms with E-state index in [1.165, 1.54) is 0 Å². The molecule has 0 radical (unpaired) electrons. The number of hydrogen-bond donors (Lipinski definition) is 0. The van der Waals surface area contributed by atoms with Crippen LogP contribution < -0.4 is 29.6 Å². The van der Waals surface area contributed by atoms with Gasteiger partial charge in [-0.3, -0.25) is 0 Å². The summed E-state index contributed by atoms with van der Waals surface area (Å²) in [4.78, 5) is 19.1. The molecule has 0 amide bonds. The average molecular weight is 124 g/mol. The number of rotatable bonds is 4. The van der Waals surface area contributed by atoms with Crippen LogP contribution in [0.4, 0.5) is 0 Å². The molecule has 0 spiro atoms. The molecule has 3 heteroatoms. The Hall–Kier alpha value is 0.340. The summed E-state index contributed by atoms with van der Waals surface area (Å²) in [7, 11) is 0. The zero-order valence-corrected chi connectivity index (χ0v) is 7.09. The predicted molar refractivity (Wildman–Crippen MR) is 27.1 cm³/mol. The van der Waals surface area contributed by atoms with E-state index in [-0.39, 0.29) is 31.0 Å². The van der Waals surface area contributed by atoms with Crippen LogP contribution in [0.15, 0.2) is 0 Å². The third-order valence-electron chi connectivity index (χ3n) is 0.644. The van der Waals surface area contributed by atoms with Crippen LogP contribution in [0.2, 0.25) is 0 Å². The van der Waals surface area contributed by atoms with Gasteiger partial charge in [-0.15, -0.1) is 0 Å². The van der Waals surface area contributed by atoms with Gasteiger partial charge < -0.3 is 11.0 Å². The molecule has 0 atom stereocenters. The van der Waals surface area contributed by atoms with Crippen LogP contribution in [0.3, 0.4) is 0 Å². The molecule has 0 saturated carbocycles. The maximum Gasteiger partial charge on any atom is 1.00 e. The van der Waals surface area contributed by atoms with E-state index < -0.39 is 0 Å². The van der Waals surface area contributed by atoms with Crippen LogP contribution in [-0.2, 0) is 9.59 Å². The van der Waals surface area contributed by atoms with Crippen molar-refractivity contribution in [1.82, 2.24) is 0 Å². The molecule has 0 N–H and O–H groups in total. The van der Waals surface area contributed by atoms with Crippen molar-refractivity contribution in [2.45, 2.75) is 19.3 Å². The van der Waals surface area contributed by atoms with Crippen LogP contribution >= 0.6 is 0 Å². The minimum Gasteiger partial charge on any atom is -1.00 e. The summed E-state index contributed by atoms with van der Waals surface area (Å²) < 4.78 is 0. The molecule has 0 aliphatic carbocycles. The molecule has 0 fully saturated rings. The minimum atomic E-state index is 0. The van der Waals surface area contributed by atoms with E-state index >= 15 is 0 Å². The fraction of sp³-hybridized carbons (Fsp3) is 0.600. The topological polar surface area (TPSA) is 34.1 Å². The van der Waals surface area contributed by atoms with Crippen molar-refractivity contribution in [3.8, 4) is 0 Å². The molecule has 0 saturated heterocycles. The molecule has 2 nitrogen and oxygen atoms in total. The Bertz CT molecular complexity index is 60.0. The molecule has 0 aliphatic rings. The molecule has 0 unspecified atom stereocenters. The maximum absolute atomic E-state index is 9.56. The Morgan fingerprint density at radius 1 is 1.12 bits per heavy atom. The smallest absolute Gasteiger partial charge is 1.00 e. The molecule has 0 aromatic rings. The average Bonchev–Trinajstić information content (AvgIpc) is 1.69. The Morgan fingerprint density at radius 2 is 1.50 bits per heavy atom. The molecule has 0 aromatic heterocycles. The fourth-order valence-corrected chi connectivity index (χ4v) is 0.285. The van der Waals surface area contributed by atoms with Gasteiger partial charge in [-0.25, -0.2) is 0 Å². The summed E-state index contributed by atoms with van der Waals surface area (Å²) in [5.41, 5.74) is 0. The van der Waals surface area contributed by atoms with E-state index in [9.17, 15) is 9.59 Å². The van der Waals surface area contributed by atoms with Crippen molar-refractivity contribution in [2.24, 2.45) is 0 Å². The summed E-state index contributed by atoms with van der Waals surface area (Å²) >= 11 is 0. The van der Waals surface area contributed by atoms with E-state index in [2.05, 4.69) is 0 Å². The second-order valence-electron chi connectivity index (χ2n) is 1.26. The van der Waals surface area contributed by atoms with E-state index in [1.54, 1.807) is 0 Å². The molecular formula is C5H9NaO2. The standard InChI is InChI=1S/C5H8O2.Na.H/c6-4-2-1-3-5-7;;/h4-5H,1-3H2;;/q;+1;-1. The van der Waals surface area contributed by atoms with E-state index in [4.69, 9.17) is 0 Å². The van der Waals surface area contributed by atoms with Gasteiger partial charge in [0.1, 0.15) is 12.6 Å². The fourth-order valence-electron chi connectivity index (χ4n) is 0.285. The molecule has 0 aliphatic heterocycles. The van der Waals surface area contributed by atoms with Crippen LogP contribution in [0.5, 0.6) is 0 Å². The second-order valence-corrected chi connectivity index (χ2v) is 1.26. The van der Waals surface area contributed by atoms with Crippen LogP contribution in [0, 0.1) is 0 Å². The Balaban J connectivity index is -0.000000180. The first-order valence-electron chi connectivity index (χ1n) is 2.29. The van der Waals surface area contributed by atoms with Gasteiger partial charge in [0.25, 0.3) is 0 Å². The zero-order valence-electron chi connectivity index (χ0n) is 6.09. The minimum absolute atomic E-state index is 0. The quantitative estimate of drug-likeness (QED) is 0.239. The maximum atomic E-state index is 9.56. The number of aldehydes is 2. The zero-order chi connectivity index (χ0) is 5.54. The van der Waals surface area contributed by atoms with Gasteiger partial charge in [-0.05, 0) is 6.42 Å². The molecule has 8 heavy (non-hydrogen) atoms. The van der Waals surface area contributed by atoms with E-state index in [0.717, 1.165) is 12.6 Å². The normalized spacial score (nSPS) is 7.00. The summed E-state index contributed by atoms with van der Waals surface area (Å²) in [5, 5.41) is 0. The first-order chi connectivity index (χ1) is 3.41. The SMILES string of the molecule is O=CCCCC=O.[H-].[Na+]. The number of carbonyl (C=O) groups excluding carboxylic acids is 2. The number of carbonyl (C=O) groups is 2. The van der Waals surface area contributed by atoms with E-state index in [1.807, 2.05) is 0 Å².